The second-order valence-electron chi connectivity index (χ2n) is 14.7. The average molecular weight is 630 g/mol. The maximum atomic E-state index is 17.0. The van der Waals surface area contributed by atoms with Gasteiger partial charge in [-0.2, -0.15) is 9.97 Å². The Hall–Kier alpha value is -3.63. The van der Waals surface area contributed by atoms with E-state index in [0.717, 1.165) is 61.4 Å². The molecule has 1 saturated carbocycles. The van der Waals surface area contributed by atoms with Crippen molar-refractivity contribution in [3.63, 3.8) is 0 Å². The lowest BCUT2D eigenvalue weighted by Gasteiger charge is -2.40. The van der Waals surface area contributed by atoms with Crippen molar-refractivity contribution < 1.29 is 23.0 Å². The molecule has 5 aliphatic rings. The van der Waals surface area contributed by atoms with Crippen LogP contribution in [0, 0.1) is 11.6 Å². The third-order valence-electron chi connectivity index (χ3n) is 11.2. The molecule has 5 heterocycles. The van der Waals surface area contributed by atoms with Crippen LogP contribution in [0.3, 0.4) is 0 Å². The molecule has 2 bridgehead atoms. The second-order valence-corrected chi connectivity index (χ2v) is 14.7. The molecule has 4 atom stereocenters. The van der Waals surface area contributed by atoms with Crippen molar-refractivity contribution in [3.8, 4) is 22.9 Å². The van der Waals surface area contributed by atoms with E-state index in [0.29, 0.717) is 43.4 Å². The average Bonchev–Trinajstić information content (AvgIpc) is 3.65. The Morgan fingerprint density at radius 3 is 2.78 bits per heavy atom. The Morgan fingerprint density at radius 2 is 1.96 bits per heavy atom. The zero-order valence-electron chi connectivity index (χ0n) is 26.0. The second kappa shape index (κ2) is 10.2. The van der Waals surface area contributed by atoms with E-state index in [-0.39, 0.29) is 46.4 Å². The largest absolute Gasteiger partial charge is 0.508 e. The number of nitrogens with zero attached hydrogens (tertiary/aromatic N) is 4. The zero-order valence-corrected chi connectivity index (χ0v) is 26.0. The van der Waals surface area contributed by atoms with E-state index in [2.05, 4.69) is 27.0 Å². The van der Waals surface area contributed by atoms with Gasteiger partial charge in [-0.25, -0.2) is 13.2 Å². The number of hydrogen-bond acceptors (Lipinski definition) is 7. The molecule has 4 aliphatic heterocycles. The first-order chi connectivity index (χ1) is 22.2. The first kappa shape index (κ1) is 28.6. The molecular formula is C36H38F3N5O2. The molecule has 10 heteroatoms. The molecule has 0 radical (unpaired) electrons. The number of aromatic hydroxyl groups is 1. The number of halogens is 3. The van der Waals surface area contributed by atoms with E-state index < -0.39 is 23.3 Å². The van der Waals surface area contributed by atoms with Crippen LogP contribution in [0.15, 0.2) is 36.4 Å². The Kier molecular flexibility index (Phi) is 6.33. The van der Waals surface area contributed by atoms with Crippen LogP contribution in [0.1, 0.15) is 63.4 Å². The van der Waals surface area contributed by atoms with Gasteiger partial charge in [-0.15, -0.1) is 0 Å². The van der Waals surface area contributed by atoms with Crippen molar-refractivity contribution in [1.82, 2.24) is 20.2 Å². The number of piperazine rings is 1. The van der Waals surface area contributed by atoms with Crippen LogP contribution < -0.4 is 15.0 Å². The van der Waals surface area contributed by atoms with Crippen molar-refractivity contribution in [2.45, 2.75) is 81.1 Å². The quantitative estimate of drug-likeness (QED) is 0.249. The molecule has 1 unspecified atom stereocenters. The van der Waals surface area contributed by atoms with E-state index in [4.69, 9.17) is 9.72 Å². The summed E-state index contributed by atoms with van der Waals surface area (Å²) < 4.78 is 54.3. The van der Waals surface area contributed by atoms with E-state index >= 15 is 8.78 Å². The van der Waals surface area contributed by atoms with Gasteiger partial charge in [0, 0.05) is 43.0 Å². The van der Waals surface area contributed by atoms with Crippen molar-refractivity contribution in [2.24, 2.45) is 0 Å². The first-order valence-corrected chi connectivity index (χ1v) is 16.7. The number of phenolic OH excluding ortho intramolecular Hbond substituents is 1. The summed E-state index contributed by atoms with van der Waals surface area (Å²) in [4.78, 5) is 13.7. The molecule has 5 fully saturated rings. The Balaban J connectivity index is 1.21. The zero-order chi connectivity index (χ0) is 31.4. The van der Waals surface area contributed by atoms with Crippen molar-refractivity contribution >= 4 is 27.5 Å². The molecule has 46 heavy (non-hydrogen) atoms. The summed E-state index contributed by atoms with van der Waals surface area (Å²) in [7, 11) is 0. The van der Waals surface area contributed by atoms with Gasteiger partial charge in [-0.1, -0.05) is 18.2 Å². The monoisotopic (exact) mass is 629 g/mol. The maximum absolute atomic E-state index is 17.0. The molecule has 0 amide bonds. The normalized spacial score (nSPS) is 29.3. The van der Waals surface area contributed by atoms with Gasteiger partial charge in [-0.3, -0.25) is 4.90 Å². The number of benzene rings is 3. The minimum atomic E-state index is -0.908. The smallest absolute Gasteiger partial charge is 0.319 e. The summed E-state index contributed by atoms with van der Waals surface area (Å²) >= 11 is 0. The third-order valence-corrected chi connectivity index (χ3v) is 11.2. The molecule has 9 rings (SSSR count). The van der Waals surface area contributed by atoms with Gasteiger partial charge < -0.3 is 20.1 Å². The van der Waals surface area contributed by atoms with Crippen LogP contribution in [-0.2, 0) is 0 Å². The fraction of sp³-hybridized carbons (Fsp3) is 0.500. The summed E-state index contributed by atoms with van der Waals surface area (Å²) in [6.07, 6.45) is 5.34. The molecule has 1 aromatic heterocycles. The lowest BCUT2D eigenvalue weighted by molar-refractivity contribution is 0.107. The maximum Gasteiger partial charge on any atom is 0.319 e. The van der Waals surface area contributed by atoms with E-state index in [1.165, 1.54) is 12.1 Å². The number of alkyl halides is 1. The van der Waals surface area contributed by atoms with Crippen LogP contribution in [0.5, 0.6) is 11.8 Å². The molecule has 7 nitrogen and oxygen atoms in total. The van der Waals surface area contributed by atoms with Crippen molar-refractivity contribution in [1.29, 1.82) is 0 Å². The van der Waals surface area contributed by atoms with Gasteiger partial charge in [0.2, 0.25) is 0 Å². The summed E-state index contributed by atoms with van der Waals surface area (Å²) in [5.74, 6) is -0.833. The van der Waals surface area contributed by atoms with E-state index in [1.54, 1.807) is 6.07 Å². The number of aromatic nitrogens is 2. The standard InChI is InChI=1S/C36H38F3N5O2/c1-35-10-8-23(42-35)17-43(18-35)33-27-14-28(38)30(26-13-24(45)12-21-4-2-5-25(29(21)26)20-6-7-20)31(39)32(27)40-34(41-33)46-19-36-9-3-11-44(36)16-22(37)15-36/h2,4-5,12-14,20,22-23,42,45H,3,6-11,15-19H2,1H3/t22-,23?,35+,36+/m1/s1. The van der Waals surface area contributed by atoms with Crippen LogP contribution in [0.25, 0.3) is 32.8 Å². The topological polar surface area (TPSA) is 73.8 Å². The van der Waals surface area contributed by atoms with Gasteiger partial charge in [0.25, 0.3) is 0 Å². The number of anilines is 1. The number of phenols is 1. The minimum absolute atomic E-state index is 0.0120. The lowest BCUT2D eigenvalue weighted by atomic mass is 9.91. The highest BCUT2D eigenvalue weighted by Gasteiger charge is 2.49. The highest BCUT2D eigenvalue weighted by atomic mass is 19.1. The molecule has 240 valence electrons. The van der Waals surface area contributed by atoms with Crippen LogP contribution >= 0.6 is 0 Å². The Labute approximate surface area is 265 Å². The number of hydrogen-bond donors (Lipinski definition) is 2. The minimum Gasteiger partial charge on any atom is -0.508 e. The van der Waals surface area contributed by atoms with Crippen molar-refractivity contribution in [3.05, 3.63) is 53.6 Å². The predicted molar refractivity (Wildman–Crippen MR) is 171 cm³/mol. The van der Waals surface area contributed by atoms with Gasteiger partial charge >= 0.3 is 6.01 Å². The Bertz CT molecular complexity index is 1900. The number of fused-ring (bicyclic) bond motifs is 5. The summed E-state index contributed by atoms with van der Waals surface area (Å²) in [5.41, 5.74) is 0.536. The first-order valence-electron chi connectivity index (χ1n) is 16.7. The molecule has 4 aromatic rings. The van der Waals surface area contributed by atoms with Gasteiger partial charge in [0.15, 0.2) is 5.82 Å². The number of rotatable bonds is 6. The van der Waals surface area contributed by atoms with Crippen LogP contribution in [0.2, 0.25) is 0 Å². The Morgan fingerprint density at radius 1 is 1.09 bits per heavy atom. The molecule has 1 aliphatic carbocycles. The van der Waals surface area contributed by atoms with Gasteiger partial charge in [0.05, 0.1) is 11.1 Å². The summed E-state index contributed by atoms with van der Waals surface area (Å²) in [6.45, 7) is 4.87. The van der Waals surface area contributed by atoms with Crippen LogP contribution in [0.4, 0.5) is 19.0 Å². The van der Waals surface area contributed by atoms with Gasteiger partial charge in [0.1, 0.15) is 35.7 Å². The summed E-state index contributed by atoms with van der Waals surface area (Å²) in [5, 5.41) is 16.1. The fourth-order valence-corrected chi connectivity index (χ4v) is 9.04. The highest BCUT2D eigenvalue weighted by Crippen LogP contribution is 2.48. The van der Waals surface area contributed by atoms with Crippen molar-refractivity contribution in [2.75, 3.05) is 37.7 Å². The molecule has 4 saturated heterocycles. The summed E-state index contributed by atoms with van der Waals surface area (Å²) in [6, 6.07) is 10.5. The predicted octanol–water partition coefficient (Wildman–Crippen LogP) is 6.60. The van der Waals surface area contributed by atoms with E-state index in [1.807, 2.05) is 18.2 Å². The third kappa shape index (κ3) is 4.54. The number of ether oxygens (including phenoxy) is 1. The molecule has 3 aromatic carbocycles. The lowest BCUT2D eigenvalue weighted by Crippen LogP contribution is -2.58. The fourth-order valence-electron chi connectivity index (χ4n) is 9.04. The van der Waals surface area contributed by atoms with Crippen LogP contribution in [-0.4, -0.2) is 76.1 Å². The SMILES string of the molecule is C[C@]12CCC(CN(c3nc(OC[C@@]45CCCN4C[C@H](F)C5)nc4c(F)c(-c5cc(O)cc6cccc(C7CC7)c56)c(F)cc34)C1)N2. The molecular weight excluding hydrogens is 591 g/mol. The van der Waals surface area contributed by atoms with Gasteiger partial charge in [-0.05, 0) is 98.0 Å². The van der Waals surface area contributed by atoms with E-state index in [9.17, 15) is 9.50 Å². The highest BCUT2D eigenvalue weighted by molar-refractivity contribution is 6.03. The number of nitrogens with one attached hydrogen (secondary N) is 1. The molecule has 2 N–H and O–H groups in total. The molecule has 0 spiro atoms.